The van der Waals surface area contributed by atoms with E-state index in [0.717, 1.165) is 17.1 Å². The third kappa shape index (κ3) is 5.61. The molecule has 2 N–H and O–H groups in total. The number of carbonyl (C=O) groups excluding carboxylic acids is 3. The van der Waals surface area contributed by atoms with Gasteiger partial charge in [0.2, 0.25) is 16.9 Å². The van der Waals surface area contributed by atoms with Crippen LogP contribution in [0.3, 0.4) is 0 Å². The van der Waals surface area contributed by atoms with Gasteiger partial charge in [0.15, 0.2) is 0 Å². The largest absolute Gasteiger partial charge is 0.326 e. The van der Waals surface area contributed by atoms with Crippen LogP contribution in [0.15, 0.2) is 54.6 Å². The Labute approximate surface area is 196 Å². The minimum atomic E-state index is -0.432. The molecular weight excluding hydrogens is 438 g/mol. The lowest BCUT2D eigenvalue weighted by Gasteiger charge is -2.16. The van der Waals surface area contributed by atoms with Crippen molar-refractivity contribution in [3.63, 3.8) is 0 Å². The molecule has 1 aliphatic heterocycles. The van der Waals surface area contributed by atoms with E-state index in [1.165, 1.54) is 11.3 Å². The van der Waals surface area contributed by atoms with Crippen molar-refractivity contribution in [2.75, 3.05) is 22.1 Å². The average Bonchev–Trinajstić information content (AvgIpc) is 3.40. The first-order chi connectivity index (χ1) is 15.9. The van der Waals surface area contributed by atoms with Crippen molar-refractivity contribution in [3.8, 4) is 0 Å². The van der Waals surface area contributed by atoms with E-state index in [-0.39, 0.29) is 24.1 Å². The van der Waals surface area contributed by atoms with Crippen molar-refractivity contribution in [1.29, 1.82) is 0 Å². The van der Waals surface area contributed by atoms with E-state index < -0.39 is 5.92 Å². The first-order valence-electron chi connectivity index (χ1n) is 10.8. The highest BCUT2D eigenvalue weighted by Gasteiger charge is 2.35. The molecule has 8 nitrogen and oxygen atoms in total. The summed E-state index contributed by atoms with van der Waals surface area (Å²) >= 11 is 1.37. The minimum Gasteiger partial charge on any atom is -0.326 e. The van der Waals surface area contributed by atoms with Crippen LogP contribution in [0.4, 0.5) is 16.5 Å². The normalized spacial score (nSPS) is 15.7. The highest BCUT2D eigenvalue weighted by atomic mass is 32.1. The van der Waals surface area contributed by atoms with Crippen molar-refractivity contribution in [1.82, 2.24) is 10.2 Å². The Morgan fingerprint density at radius 3 is 2.48 bits per heavy atom. The predicted octanol–water partition coefficient (Wildman–Crippen LogP) is 3.98. The maximum Gasteiger partial charge on any atom is 0.257 e. The highest BCUT2D eigenvalue weighted by Crippen LogP contribution is 2.26. The lowest BCUT2D eigenvalue weighted by molar-refractivity contribution is -0.122. The molecule has 4 rings (SSSR count). The van der Waals surface area contributed by atoms with Crippen LogP contribution in [0, 0.1) is 11.8 Å². The lowest BCUT2D eigenvalue weighted by atomic mass is 10.1. The van der Waals surface area contributed by atoms with Gasteiger partial charge >= 0.3 is 0 Å². The van der Waals surface area contributed by atoms with E-state index in [2.05, 4.69) is 34.7 Å². The molecule has 3 amide bonds. The van der Waals surface area contributed by atoms with Crippen LogP contribution in [-0.4, -0.2) is 34.5 Å². The Bertz CT molecular complexity index is 1140. The maximum atomic E-state index is 12.7. The van der Waals surface area contributed by atoms with Gasteiger partial charge in [-0.15, -0.1) is 10.2 Å². The predicted molar refractivity (Wildman–Crippen MR) is 128 cm³/mol. The number of anilines is 3. The van der Waals surface area contributed by atoms with Crippen LogP contribution >= 0.6 is 11.3 Å². The van der Waals surface area contributed by atoms with Gasteiger partial charge in [-0.05, 0) is 42.3 Å². The van der Waals surface area contributed by atoms with Gasteiger partial charge in [-0.2, -0.15) is 0 Å². The molecule has 2 heterocycles. The molecule has 0 aliphatic carbocycles. The number of para-hydroxylation sites is 1. The quantitative estimate of drug-likeness (QED) is 0.552. The Hall–Kier alpha value is -3.59. The Balaban J connectivity index is 1.33. The second-order valence-corrected chi connectivity index (χ2v) is 9.42. The molecule has 1 aliphatic rings. The summed E-state index contributed by atoms with van der Waals surface area (Å²) in [6, 6.07) is 15.9. The molecule has 170 valence electrons. The molecule has 1 unspecified atom stereocenters. The van der Waals surface area contributed by atoms with Crippen LogP contribution in [-0.2, 0) is 16.0 Å². The van der Waals surface area contributed by atoms with E-state index in [1.807, 2.05) is 30.3 Å². The van der Waals surface area contributed by atoms with E-state index in [4.69, 9.17) is 0 Å². The molecule has 0 bridgehead atoms. The zero-order valence-electron chi connectivity index (χ0n) is 18.4. The maximum absolute atomic E-state index is 12.7. The van der Waals surface area contributed by atoms with Gasteiger partial charge in [0.25, 0.3) is 5.91 Å². The van der Waals surface area contributed by atoms with Crippen LogP contribution in [0.2, 0.25) is 0 Å². The van der Waals surface area contributed by atoms with Crippen molar-refractivity contribution >= 4 is 45.6 Å². The van der Waals surface area contributed by atoms with Crippen LogP contribution < -0.4 is 15.5 Å². The van der Waals surface area contributed by atoms with Crippen LogP contribution in [0.25, 0.3) is 0 Å². The molecule has 2 aromatic carbocycles. The first-order valence-corrected chi connectivity index (χ1v) is 11.6. The SMILES string of the molecule is CC(C)Cc1nnc(NC(=O)c2ccc(NC(=O)C3CC(=O)N(c4ccccc4)C3)cc2)s1. The van der Waals surface area contributed by atoms with Crippen molar-refractivity contribution in [2.45, 2.75) is 26.7 Å². The fraction of sp³-hybridized carbons (Fsp3) is 0.292. The first kappa shape index (κ1) is 22.6. The number of rotatable bonds is 7. The Morgan fingerprint density at radius 1 is 1.06 bits per heavy atom. The number of nitrogens with zero attached hydrogens (tertiary/aromatic N) is 3. The lowest BCUT2D eigenvalue weighted by Crippen LogP contribution is -2.28. The van der Waals surface area contributed by atoms with Gasteiger partial charge in [0.05, 0.1) is 5.92 Å². The van der Waals surface area contributed by atoms with Gasteiger partial charge < -0.3 is 10.2 Å². The Kier molecular flexibility index (Phi) is 6.79. The fourth-order valence-electron chi connectivity index (χ4n) is 3.60. The fourth-order valence-corrected chi connectivity index (χ4v) is 4.54. The zero-order chi connectivity index (χ0) is 23.4. The number of aromatic nitrogens is 2. The third-order valence-electron chi connectivity index (χ3n) is 5.25. The van der Waals surface area contributed by atoms with Gasteiger partial charge in [-0.3, -0.25) is 19.7 Å². The van der Waals surface area contributed by atoms with E-state index >= 15 is 0 Å². The van der Waals surface area contributed by atoms with E-state index in [0.29, 0.717) is 28.8 Å². The van der Waals surface area contributed by atoms with Crippen molar-refractivity contribution < 1.29 is 14.4 Å². The van der Waals surface area contributed by atoms with E-state index in [9.17, 15) is 14.4 Å². The molecule has 9 heteroatoms. The monoisotopic (exact) mass is 463 g/mol. The second kappa shape index (κ2) is 9.91. The molecular formula is C24H25N5O3S. The number of benzene rings is 2. The molecule has 1 saturated heterocycles. The molecule has 1 fully saturated rings. The van der Waals surface area contributed by atoms with Crippen molar-refractivity contribution in [3.05, 3.63) is 65.2 Å². The van der Waals surface area contributed by atoms with Gasteiger partial charge in [0.1, 0.15) is 5.01 Å². The van der Waals surface area contributed by atoms with Crippen LogP contribution in [0.5, 0.6) is 0 Å². The van der Waals surface area contributed by atoms with Gasteiger partial charge in [-0.25, -0.2) is 0 Å². The topological polar surface area (TPSA) is 104 Å². The van der Waals surface area contributed by atoms with Crippen LogP contribution in [0.1, 0.15) is 35.6 Å². The number of nitrogens with one attached hydrogen (secondary N) is 2. The molecule has 1 atom stereocenters. The number of hydrogen-bond acceptors (Lipinski definition) is 6. The smallest absolute Gasteiger partial charge is 0.257 e. The molecule has 3 aromatic rings. The highest BCUT2D eigenvalue weighted by molar-refractivity contribution is 7.15. The molecule has 1 aromatic heterocycles. The summed E-state index contributed by atoms with van der Waals surface area (Å²) in [5, 5.41) is 15.1. The number of carbonyl (C=O) groups is 3. The molecule has 0 radical (unpaired) electrons. The summed E-state index contributed by atoms with van der Waals surface area (Å²) in [5.41, 5.74) is 1.80. The second-order valence-electron chi connectivity index (χ2n) is 8.36. The summed E-state index contributed by atoms with van der Waals surface area (Å²) in [6.45, 7) is 4.55. The Morgan fingerprint density at radius 2 is 1.79 bits per heavy atom. The van der Waals surface area contributed by atoms with Gasteiger partial charge in [0, 0.05) is 36.3 Å². The van der Waals surface area contributed by atoms with E-state index in [1.54, 1.807) is 29.2 Å². The summed E-state index contributed by atoms with van der Waals surface area (Å²) < 4.78 is 0. The summed E-state index contributed by atoms with van der Waals surface area (Å²) in [4.78, 5) is 39.2. The molecule has 0 saturated carbocycles. The summed E-state index contributed by atoms with van der Waals surface area (Å²) in [7, 11) is 0. The summed E-state index contributed by atoms with van der Waals surface area (Å²) in [5.74, 6) is -0.543. The van der Waals surface area contributed by atoms with Gasteiger partial charge in [-0.1, -0.05) is 43.4 Å². The number of amides is 3. The molecule has 0 spiro atoms. The van der Waals surface area contributed by atoms with Crippen molar-refractivity contribution in [2.24, 2.45) is 11.8 Å². The standard InChI is InChI=1S/C24H25N5O3S/c1-15(2)12-20-27-28-24(33-20)26-22(31)16-8-10-18(11-9-16)25-23(32)17-13-21(30)29(14-17)19-6-4-3-5-7-19/h3-11,15,17H,12-14H2,1-2H3,(H,25,32)(H,26,28,31). The summed E-state index contributed by atoms with van der Waals surface area (Å²) in [6.07, 6.45) is 0.986. The molecule has 33 heavy (non-hydrogen) atoms. The number of hydrogen-bond donors (Lipinski definition) is 2. The minimum absolute atomic E-state index is 0.0680. The third-order valence-corrected chi connectivity index (χ3v) is 6.11. The average molecular weight is 464 g/mol. The zero-order valence-corrected chi connectivity index (χ0v) is 19.3.